The van der Waals surface area contributed by atoms with Gasteiger partial charge in [0.2, 0.25) is 0 Å². The monoisotopic (exact) mass is 223 g/mol. The second kappa shape index (κ2) is 4.93. The van der Waals surface area contributed by atoms with Crippen molar-refractivity contribution in [2.75, 3.05) is 19.8 Å². The second-order valence-corrected chi connectivity index (χ2v) is 4.58. The van der Waals surface area contributed by atoms with Gasteiger partial charge in [-0.1, -0.05) is 18.2 Å². The molecule has 0 bridgehead atoms. The summed E-state index contributed by atoms with van der Waals surface area (Å²) in [5, 5.41) is 0. The summed E-state index contributed by atoms with van der Waals surface area (Å²) in [5.41, 5.74) is 6.66. The molecule has 3 heteroatoms. The highest BCUT2D eigenvalue weighted by Gasteiger charge is 2.31. The van der Waals surface area contributed by atoms with Gasteiger partial charge in [0.25, 0.3) is 0 Å². The van der Waals surface area contributed by atoms with Crippen LogP contribution in [0.25, 0.3) is 0 Å². The van der Waals surface area contributed by atoms with Crippen LogP contribution in [0.2, 0.25) is 0 Å². The van der Waals surface area contributed by atoms with Crippen LogP contribution in [0.4, 0.5) is 4.39 Å². The van der Waals surface area contributed by atoms with Gasteiger partial charge in [0.15, 0.2) is 0 Å². The van der Waals surface area contributed by atoms with Crippen molar-refractivity contribution in [3.8, 4) is 0 Å². The third kappa shape index (κ3) is 2.42. The van der Waals surface area contributed by atoms with Crippen LogP contribution in [0.15, 0.2) is 24.3 Å². The molecule has 2 nitrogen and oxygen atoms in total. The van der Waals surface area contributed by atoms with E-state index in [1.54, 1.807) is 6.07 Å². The minimum Gasteiger partial charge on any atom is -0.381 e. The van der Waals surface area contributed by atoms with E-state index in [4.69, 9.17) is 10.5 Å². The van der Waals surface area contributed by atoms with Crippen LogP contribution in [-0.4, -0.2) is 19.8 Å². The van der Waals surface area contributed by atoms with E-state index in [0.29, 0.717) is 6.54 Å². The average molecular weight is 223 g/mol. The fourth-order valence-corrected chi connectivity index (χ4v) is 2.30. The van der Waals surface area contributed by atoms with Crippen LogP contribution in [0.1, 0.15) is 18.4 Å². The summed E-state index contributed by atoms with van der Waals surface area (Å²) < 4.78 is 18.9. The molecule has 0 radical (unpaired) electrons. The molecule has 0 unspecified atom stereocenters. The summed E-state index contributed by atoms with van der Waals surface area (Å²) in [6, 6.07) is 6.96. The number of nitrogens with two attached hydrogens (primary N) is 1. The fraction of sp³-hybridized carbons (Fsp3) is 0.538. The Balaban J connectivity index is 2.15. The highest BCUT2D eigenvalue weighted by molar-refractivity contribution is 5.19. The molecule has 0 amide bonds. The number of hydrogen-bond donors (Lipinski definition) is 1. The Labute approximate surface area is 95.6 Å². The molecular formula is C13H18FNO. The summed E-state index contributed by atoms with van der Waals surface area (Å²) in [6.45, 7) is 2.09. The first-order valence-corrected chi connectivity index (χ1v) is 5.77. The van der Waals surface area contributed by atoms with Crippen molar-refractivity contribution in [1.82, 2.24) is 0 Å². The smallest absolute Gasteiger partial charge is 0.126 e. The lowest BCUT2D eigenvalue weighted by Gasteiger charge is -2.36. The summed E-state index contributed by atoms with van der Waals surface area (Å²) >= 11 is 0. The quantitative estimate of drug-likeness (QED) is 0.852. The molecule has 1 aromatic carbocycles. The maximum absolute atomic E-state index is 13.6. The molecule has 1 saturated heterocycles. The van der Waals surface area contributed by atoms with E-state index in [0.717, 1.165) is 38.0 Å². The normalized spacial score (nSPS) is 19.6. The molecule has 0 aliphatic carbocycles. The van der Waals surface area contributed by atoms with Gasteiger partial charge in [-0.05, 0) is 42.9 Å². The Hall–Kier alpha value is -0.930. The Morgan fingerprint density at radius 3 is 2.56 bits per heavy atom. The largest absolute Gasteiger partial charge is 0.381 e. The van der Waals surface area contributed by atoms with Crippen molar-refractivity contribution >= 4 is 0 Å². The first-order valence-electron chi connectivity index (χ1n) is 5.77. The van der Waals surface area contributed by atoms with Crippen LogP contribution in [-0.2, 0) is 11.2 Å². The van der Waals surface area contributed by atoms with Crippen molar-refractivity contribution < 1.29 is 9.13 Å². The van der Waals surface area contributed by atoms with Gasteiger partial charge >= 0.3 is 0 Å². The SMILES string of the molecule is NCC1(Cc2ccccc2F)CCOCC1. The number of rotatable bonds is 3. The zero-order valence-electron chi connectivity index (χ0n) is 9.42. The van der Waals surface area contributed by atoms with Crippen LogP contribution in [0.5, 0.6) is 0 Å². The first kappa shape index (κ1) is 11.6. The first-order chi connectivity index (χ1) is 7.76. The standard InChI is InChI=1S/C13H18FNO/c14-12-4-2-1-3-11(12)9-13(10-15)5-7-16-8-6-13/h1-4H,5-10,15H2. The summed E-state index contributed by atoms with van der Waals surface area (Å²) in [6.07, 6.45) is 2.58. The molecule has 0 spiro atoms. The minimum atomic E-state index is -0.123. The van der Waals surface area contributed by atoms with E-state index in [1.165, 1.54) is 6.07 Å². The highest BCUT2D eigenvalue weighted by Crippen LogP contribution is 2.33. The maximum Gasteiger partial charge on any atom is 0.126 e. The van der Waals surface area contributed by atoms with Gasteiger partial charge in [-0.2, -0.15) is 0 Å². The number of benzene rings is 1. The lowest BCUT2D eigenvalue weighted by atomic mass is 9.75. The van der Waals surface area contributed by atoms with Crippen LogP contribution in [0, 0.1) is 11.2 Å². The van der Waals surface area contributed by atoms with Gasteiger partial charge in [0.1, 0.15) is 5.82 Å². The van der Waals surface area contributed by atoms with E-state index in [9.17, 15) is 4.39 Å². The van der Waals surface area contributed by atoms with E-state index in [-0.39, 0.29) is 11.2 Å². The topological polar surface area (TPSA) is 35.2 Å². The Morgan fingerprint density at radius 1 is 1.25 bits per heavy atom. The predicted molar refractivity (Wildman–Crippen MR) is 61.6 cm³/mol. The van der Waals surface area contributed by atoms with Gasteiger partial charge < -0.3 is 10.5 Å². The van der Waals surface area contributed by atoms with E-state index >= 15 is 0 Å². The second-order valence-electron chi connectivity index (χ2n) is 4.58. The zero-order valence-corrected chi connectivity index (χ0v) is 9.42. The molecule has 1 aliphatic rings. The van der Waals surface area contributed by atoms with Gasteiger partial charge in [0.05, 0.1) is 0 Å². The van der Waals surface area contributed by atoms with E-state index in [2.05, 4.69) is 0 Å². The molecule has 1 fully saturated rings. The molecule has 1 heterocycles. The summed E-state index contributed by atoms with van der Waals surface area (Å²) in [5.74, 6) is -0.123. The van der Waals surface area contributed by atoms with Crippen molar-refractivity contribution in [1.29, 1.82) is 0 Å². The average Bonchev–Trinajstić information content (AvgIpc) is 2.33. The van der Waals surface area contributed by atoms with E-state index < -0.39 is 0 Å². The maximum atomic E-state index is 13.6. The molecule has 88 valence electrons. The highest BCUT2D eigenvalue weighted by atomic mass is 19.1. The molecule has 0 atom stereocenters. The van der Waals surface area contributed by atoms with Crippen LogP contribution >= 0.6 is 0 Å². The summed E-state index contributed by atoms with van der Waals surface area (Å²) in [4.78, 5) is 0. The van der Waals surface area contributed by atoms with Gasteiger partial charge in [0, 0.05) is 13.2 Å². The van der Waals surface area contributed by atoms with Gasteiger partial charge in [-0.25, -0.2) is 4.39 Å². The third-order valence-corrected chi connectivity index (χ3v) is 3.51. The predicted octanol–water partition coefficient (Wildman–Crippen LogP) is 2.12. The lowest BCUT2D eigenvalue weighted by Crippen LogP contribution is -2.38. The molecule has 0 saturated carbocycles. The summed E-state index contributed by atoms with van der Waals surface area (Å²) in [7, 11) is 0. The number of halogens is 1. The molecule has 2 N–H and O–H groups in total. The minimum absolute atomic E-state index is 0.0282. The fourth-order valence-electron chi connectivity index (χ4n) is 2.30. The Morgan fingerprint density at radius 2 is 1.94 bits per heavy atom. The third-order valence-electron chi connectivity index (χ3n) is 3.51. The van der Waals surface area contributed by atoms with Crippen molar-refractivity contribution in [2.45, 2.75) is 19.3 Å². The number of hydrogen-bond acceptors (Lipinski definition) is 2. The van der Waals surface area contributed by atoms with Crippen molar-refractivity contribution in [3.63, 3.8) is 0 Å². The van der Waals surface area contributed by atoms with Crippen LogP contribution < -0.4 is 5.73 Å². The molecule has 16 heavy (non-hydrogen) atoms. The Bertz CT molecular complexity index is 348. The van der Waals surface area contributed by atoms with E-state index in [1.807, 2.05) is 12.1 Å². The zero-order chi connectivity index (χ0) is 11.4. The van der Waals surface area contributed by atoms with Crippen molar-refractivity contribution in [2.24, 2.45) is 11.1 Å². The van der Waals surface area contributed by atoms with Crippen LogP contribution in [0.3, 0.4) is 0 Å². The molecule has 1 aromatic rings. The molecule has 2 rings (SSSR count). The van der Waals surface area contributed by atoms with Gasteiger partial charge in [-0.15, -0.1) is 0 Å². The van der Waals surface area contributed by atoms with Crippen molar-refractivity contribution in [3.05, 3.63) is 35.6 Å². The molecule has 1 aliphatic heterocycles. The molecular weight excluding hydrogens is 205 g/mol. The molecule has 0 aromatic heterocycles. The lowest BCUT2D eigenvalue weighted by molar-refractivity contribution is 0.0187. The Kier molecular flexibility index (Phi) is 3.56. The van der Waals surface area contributed by atoms with Gasteiger partial charge in [-0.3, -0.25) is 0 Å². The number of ether oxygens (including phenoxy) is 1.